The molecule has 0 radical (unpaired) electrons. The predicted octanol–water partition coefficient (Wildman–Crippen LogP) is 4.56. The molecule has 1 atom stereocenters. The molecule has 0 unspecified atom stereocenters. The summed E-state index contributed by atoms with van der Waals surface area (Å²) in [7, 11) is 0. The van der Waals surface area contributed by atoms with Gasteiger partial charge in [0.1, 0.15) is 5.76 Å². The molecule has 1 aliphatic heterocycles. The van der Waals surface area contributed by atoms with Crippen molar-refractivity contribution in [3.63, 3.8) is 0 Å². The summed E-state index contributed by atoms with van der Waals surface area (Å²) in [5.74, 6) is 3.36. The van der Waals surface area contributed by atoms with Crippen LogP contribution in [0.3, 0.4) is 0 Å². The molecule has 1 saturated heterocycles. The van der Waals surface area contributed by atoms with Crippen molar-refractivity contribution in [2.24, 2.45) is 0 Å². The Hall–Kier alpha value is -1.99. The minimum absolute atomic E-state index is 0.168. The second-order valence-corrected chi connectivity index (χ2v) is 7.72. The van der Waals surface area contributed by atoms with Crippen LogP contribution in [-0.2, 0) is 6.54 Å². The van der Waals surface area contributed by atoms with Crippen LogP contribution in [0.25, 0.3) is 10.8 Å². The first kappa shape index (κ1) is 16.5. The van der Waals surface area contributed by atoms with E-state index in [4.69, 9.17) is 13.9 Å². The lowest BCUT2D eigenvalue weighted by Crippen LogP contribution is -2.23. The largest absolute Gasteiger partial charge is 0.440 e. The summed E-state index contributed by atoms with van der Waals surface area (Å²) >= 11 is 1.64. The smallest absolute Gasteiger partial charge is 0.244 e. The first-order chi connectivity index (χ1) is 12.1. The van der Waals surface area contributed by atoms with E-state index >= 15 is 0 Å². The van der Waals surface area contributed by atoms with E-state index < -0.39 is 0 Å². The zero-order valence-corrected chi connectivity index (χ0v) is 15.5. The Kier molecular flexibility index (Phi) is 4.43. The average Bonchev–Trinajstić information content (AvgIpc) is 3.35. The van der Waals surface area contributed by atoms with E-state index in [-0.39, 0.29) is 12.0 Å². The highest BCUT2D eigenvalue weighted by Crippen LogP contribution is 2.34. The Morgan fingerprint density at radius 2 is 2.24 bits per heavy atom. The highest BCUT2D eigenvalue weighted by molar-refractivity contribution is 7.13. The van der Waals surface area contributed by atoms with Crippen LogP contribution < -0.4 is 0 Å². The van der Waals surface area contributed by atoms with E-state index in [0.29, 0.717) is 5.89 Å². The number of nitrogens with zero attached hydrogens (tertiary/aromatic N) is 4. The molecule has 3 aromatic heterocycles. The monoisotopic (exact) mass is 358 g/mol. The lowest BCUT2D eigenvalue weighted by molar-refractivity contribution is 0.198. The third-order valence-electron chi connectivity index (χ3n) is 4.60. The number of hydrogen-bond acceptors (Lipinski definition) is 7. The Morgan fingerprint density at radius 3 is 2.96 bits per heavy atom. The van der Waals surface area contributed by atoms with Crippen molar-refractivity contribution in [1.29, 1.82) is 0 Å². The summed E-state index contributed by atoms with van der Waals surface area (Å²) in [5, 5.41) is 6.15. The summed E-state index contributed by atoms with van der Waals surface area (Å²) in [4.78, 5) is 12.7. The molecular formula is C18H22N4O2S. The Labute approximate surface area is 150 Å². The van der Waals surface area contributed by atoms with Crippen molar-refractivity contribution in [3.05, 3.63) is 40.7 Å². The Bertz CT molecular complexity index is 837. The van der Waals surface area contributed by atoms with Gasteiger partial charge in [-0.2, -0.15) is 4.98 Å². The minimum Gasteiger partial charge on any atom is -0.440 e. The Balaban J connectivity index is 1.53. The SMILES string of the molecule is Cc1oc(-c2cccs2)nc1CN1CCC[C@@H]1c1nc(C(C)C)no1. The maximum Gasteiger partial charge on any atom is 0.244 e. The van der Waals surface area contributed by atoms with Crippen LogP contribution in [0.4, 0.5) is 0 Å². The molecule has 0 spiro atoms. The molecule has 0 bridgehead atoms. The molecule has 0 aromatic carbocycles. The number of hydrogen-bond donors (Lipinski definition) is 0. The van der Waals surface area contributed by atoms with E-state index in [1.807, 2.05) is 24.4 Å². The Morgan fingerprint density at radius 1 is 1.36 bits per heavy atom. The summed E-state index contributed by atoms with van der Waals surface area (Å²) in [5.41, 5.74) is 0.985. The molecule has 3 aromatic rings. The zero-order valence-electron chi connectivity index (χ0n) is 14.7. The molecule has 6 nitrogen and oxygen atoms in total. The van der Waals surface area contributed by atoms with Gasteiger partial charge >= 0.3 is 0 Å². The number of aromatic nitrogens is 3. The van der Waals surface area contributed by atoms with Crippen molar-refractivity contribution in [3.8, 4) is 10.8 Å². The number of oxazole rings is 1. The van der Waals surface area contributed by atoms with Gasteiger partial charge in [0.15, 0.2) is 5.82 Å². The average molecular weight is 358 g/mol. The quantitative estimate of drug-likeness (QED) is 0.666. The maximum absolute atomic E-state index is 5.87. The molecule has 7 heteroatoms. The lowest BCUT2D eigenvalue weighted by atomic mass is 10.2. The van der Waals surface area contributed by atoms with E-state index in [2.05, 4.69) is 28.9 Å². The van der Waals surface area contributed by atoms with Gasteiger partial charge in [0.25, 0.3) is 0 Å². The molecular weight excluding hydrogens is 336 g/mol. The van der Waals surface area contributed by atoms with Crippen LogP contribution >= 0.6 is 11.3 Å². The molecule has 0 saturated carbocycles. The second-order valence-electron chi connectivity index (χ2n) is 6.77. The molecule has 1 fully saturated rings. The van der Waals surface area contributed by atoms with Crippen LogP contribution in [0, 0.1) is 6.92 Å². The van der Waals surface area contributed by atoms with Gasteiger partial charge in [0.2, 0.25) is 11.8 Å². The number of aryl methyl sites for hydroxylation is 1. The molecule has 25 heavy (non-hydrogen) atoms. The lowest BCUT2D eigenvalue weighted by Gasteiger charge is -2.20. The predicted molar refractivity (Wildman–Crippen MR) is 95.3 cm³/mol. The fourth-order valence-corrected chi connectivity index (χ4v) is 3.83. The topological polar surface area (TPSA) is 68.2 Å². The van der Waals surface area contributed by atoms with E-state index in [9.17, 15) is 0 Å². The van der Waals surface area contributed by atoms with Gasteiger partial charge in [-0.15, -0.1) is 11.3 Å². The van der Waals surface area contributed by atoms with E-state index in [1.54, 1.807) is 11.3 Å². The zero-order chi connectivity index (χ0) is 17.4. The van der Waals surface area contributed by atoms with Crippen molar-refractivity contribution < 1.29 is 8.94 Å². The maximum atomic E-state index is 5.87. The molecule has 0 N–H and O–H groups in total. The summed E-state index contributed by atoms with van der Waals surface area (Å²) in [6.45, 7) is 7.88. The number of rotatable bonds is 5. The highest BCUT2D eigenvalue weighted by atomic mass is 32.1. The van der Waals surface area contributed by atoms with Crippen molar-refractivity contribution in [2.45, 2.75) is 52.1 Å². The summed E-state index contributed by atoms with van der Waals surface area (Å²) in [6, 6.07) is 4.21. The third kappa shape index (κ3) is 3.26. The van der Waals surface area contributed by atoms with Crippen molar-refractivity contribution >= 4 is 11.3 Å². The van der Waals surface area contributed by atoms with E-state index in [0.717, 1.165) is 54.0 Å². The van der Waals surface area contributed by atoms with Crippen LogP contribution in [0.15, 0.2) is 26.5 Å². The summed E-state index contributed by atoms with van der Waals surface area (Å²) < 4.78 is 11.4. The molecule has 0 aliphatic carbocycles. The van der Waals surface area contributed by atoms with Crippen LogP contribution in [0.5, 0.6) is 0 Å². The minimum atomic E-state index is 0.168. The van der Waals surface area contributed by atoms with Gasteiger partial charge in [0, 0.05) is 12.5 Å². The molecule has 4 rings (SSSR count). The fourth-order valence-electron chi connectivity index (χ4n) is 3.18. The normalized spacial score (nSPS) is 18.5. The van der Waals surface area contributed by atoms with Gasteiger partial charge in [-0.1, -0.05) is 25.1 Å². The first-order valence-corrected chi connectivity index (χ1v) is 9.57. The second kappa shape index (κ2) is 6.72. The van der Waals surface area contributed by atoms with Crippen LogP contribution in [0.2, 0.25) is 0 Å². The molecule has 0 amide bonds. The molecule has 4 heterocycles. The molecule has 1 aliphatic rings. The van der Waals surface area contributed by atoms with Gasteiger partial charge in [-0.25, -0.2) is 4.98 Å². The van der Waals surface area contributed by atoms with Gasteiger partial charge < -0.3 is 8.94 Å². The number of likely N-dealkylation sites (tertiary alicyclic amines) is 1. The molecule has 132 valence electrons. The van der Waals surface area contributed by atoms with Crippen molar-refractivity contribution in [1.82, 2.24) is 20.0 Å². The third-order valence-corrected chi connectivity index (χ3v) is 5.46. The van der Waals surface area contributed by atoms with Gasteiger partial charge in [0.05, 0.1) is 16.6 Å². The van der Waals surface area contributed by atoms with Crippen molar-refractivity contribution in [2.75, 3.05) is 6.54 Å². The van der Waals surface area contributed by atoms with Crippen LogP contribution in [-0.4, -0.2) is 26.6 Å². The number of thiophene rings is 1. The van der Waals surface area contributed by atoms with Crippen LogP contribution in [0.1, 0.15) is 61.8 Å². The summed E-state index contributed by atoms with van der Waals surface area (Å²) in [6.07, 6.45) is 2.16. The van der Waals surface area contributed by atoms with Gasteiger partial charge in [-0.05, 0) is 37.8 Å². The first-order valence-electron chi connectivity index (χ1n) is 8.69. The van der Waals surface area contributed by atoms with E-state index in [1.165, 1.54) is 0 Å². The highest BCUT2D eigenvalue weighted by Gasteiger charge is 2.32. The van der Waals surface area contributed by atoms with Gasteiger partial charge in [-0.3, -0.25) is 4.90 Å². The standard InChI is InChI=1S/C18H22N4O2S/c1-11(2)16-20-17(24-21-16)14-6-4-8-22(14)10-13-12(3)23-18(19-13)15-7-5-9-25-15/h5,7,9,11,14H,4,6,8,10H2,1-3H3/t14-/m1/s1. The fraction of sp³-hybridized carbons (Fsp3) is 0.500.